The first-order valence-corrected chi connectivity index (χ1v) is 7.27. The molecule has 0 radical (unpaired) electrons. The van der Waals surface area contributed by atoms with E-state index in [1.54, 1.807) is 24.3 Å². The first-order chi connectivity index (χ1) is 10.5. The Morgan fingerprint density at radius 1 is 1.00 bits per heavy atom. The Bertz CT molecular complexity index is 696. The number of benzene rings is 2. The predicted molar refractivity (Wildman–Crippen MR) is 83.7 cm³/mol. The Kier molecular flexibility index (Phi) is 3.54. The summed E-state index contributed by atoms with van der Waals surface area (Å²) in [4.78, 5) is 25.2. The average molecular weight is 294 g/mol. The highest BCUT2D eigenvalue weighted by molar-refractivity contribution is 6.06. The second kappa shape index (κ2) is 5.39. The quantitative estimate of drug-likeness (QED) is 0.866. The van der Waals surface area contributed by atoms with Crippen LogP contribution in [0.2, 0.25) is 0 Å². The van der Waals surface area contributed by atoms with Gasteiger partial charge in [-0.05, 0) is 31.5 Å². The third-order valence-corrected chi connectivity index (χ3v) is 4.09. The summed E-state index contributed by atoms with van der Waals surface area (Å²) in [5.74, 6) is -0.535. The summed E-state index contributed by atoms with van der Waals surface area (Å²) in [5, 5.41) is 1.15. The Labute approximate surface area is 129 Å². The van der Waals surface area contributed by atoms with Crippen molar-refractivity contribution < 1.29 is 9.59 Å². The van der Waals surface area contributed by atoms with E-state index >= 15 is 0 Å². The van der Waals surface area contributed by atoms with Gasteiger partial charge in [-0.2, -0.15) is 0 Å². The Balaban J connectivity index is 1.93. The van der Waals surface area contributed by atoms with Gasteiger partial charge in [0.2, 0.25) is 0 Å². The fourth-order valence-corrected chi connectivity index (χ4v) is 2.76. The van der Waals surface area contributed by atoms with Crippen LogP contribution in [0, 0.1) is 5.41 Å². The maximum atomic E-state index is 12.7. The summed E-state index contributed by atoms with van der Waals surface area (Å²) in [7, 11) is 0. The molecule has 0 bridgehead atoms. The number of carbonyl (C=O) groups is 2. The van der Waals surface area contributed by atoms with Gasteiger partial charge in [0.1, 0.15) is 0 Å². The Morgan fingerprint density at radius 2 is 1.55 bits per heavy atom. The van der Waals surface area contributed by atoms with Gasteiger partial charge >= 0.3 is 0 Å². The molecule has 1 heterocycles. The molecule has 3 rings (SSSR count). The van der Waals surface area contributed by atoms with E-state index in [1.807, 2.05) is 50.2 Å². The van der Waals surface area contributed by atoms with Crippen LogP contribution in [0.1, 0.15) is 35.8 Å². The number of imide groups is 1. The van der Waals surface area contributed by atoms with Gasteiger partial charge in [-0.1, -0.05) is 48.5 Å². The van der Waals surface area contributed by atoms with Gasteiger partial charge in [-0.15, -0.1) is 0 Å². The van der Waals surface area contributed by atoms with Crippen LogP contribution >= 0.6 is 0 Å². The highest BCUT2D eigenvalue weighted by Crippen LogP contribution is 2.40. The van der Waals surface area contributed by atoms with Crippen molar-refractivity contribution in [2.45, 2.75) is 19.9 Å². The molecule has 1 fully saturated rings. The smallest absolute Gasteiger partial charge is 0.272 e. The van der Waals surface area contributed by atoms with Crippen LogP contribution in [0.3, 0.4) is 0 Å². The minimum Gasteiger partial charge on any atom is -0.272 e. The zero-order valence-corrected chi connectivity index (χ0v) is 12.6. The molecular weight excluding hydrogens is 276 g/mol. The van der Waals surface area contributed by atoms with Crippen LogP contribution < -0.4 is 5.43 Å². The van der Waals surface area contributed by atoms with Crippen molar-refractivity contribution >= 4 is 11.8 Å². The van der Waals surface area contributed by atoms with Gasteiger partial charge in [0.15, 0.2) is 0 Å². The van der Waals surface area contributed by atoms with Gasteiger partial charge in [-0.3, -0.25) is 9.59 Å². The molecule has 1 unspecified atom stereocenters. The van der Waals surface area contributed by atoms with Gasteiger partial charge in [0.05, 0.1) is 11.5 Å². The van der Waals surface area contributed by atoms with E-state index in [0.717, 1.165) is 10.6 Å². The van der Waals surface area contributed by atoms with Crippen LogP contribution in [-0.2, 0) is 4.79 Å². The Hall–Kier alpha value is -2.46. The average Bonchev–Trinajstić information content (AvgIpc) is 2.79. The van der Waals surface area contributed by atoms with E-state index in [0.29, 0.717) is 5.56 Å². The molecule has 2 aromatic rings. The number of hydrogen-bond acceptors (Lipinski definition) is 3. The lowest BCUT2D eigenvalue weighted by Crippen LogP contribution is -2.41. The van der Waals surface area contributed by atoms with Gasteiger partial charge < -0.3 is 0 Å². The summed E-state index contributed by atoms with van der Waals surface area (Å²) >= 11 is 0. The molecule has 1 aliphatic rings. The lowest BCUT2D eigenvalue weighted by Gasteiger charge is -2.22. The second-order valence-corrected chi connectivity index (χ2v) is 6.01. The molecule has 4 nitrogen and oxygen atoms in total. The van der Waals surface area contributed by atoms with Crippen molar-refractivity contribution in [3.05, 3.63) is 71.8 Å². The van der Waals surface area contributed by atoms with E-state index in [-0.39, 0.29) is 17.9 Å². The topological polar surface area (TPSA) is 49.4 Å². The Morgan fingerprint density at radius 3 is 2.14 bits per heavy atom. The van der Waals surface area contributed by atoms with Crippen molar-refractivity contribution in [1.82, 2.24) is 10.4 Å². The summed E-state index contributed by atoms with van der Waals surface area (Å²) in [5.41, 5.74) is 3.87. The van der Waals surface area contributed by atoms with Gasteiger partial charge in [0, 0.05) is 5.56 Å². The third-order valence-electron chi connectivity index (χ3n) is 4.09. The monoisotopic (exact) mass is 294 g/mol. The lowest BCUT2D eigenvalue weighted by atomic mass is 9.81. The number of carbonyl (C=O) groups excluding carboxylic acids is 2. The molecule has 0 aromatic heterocycles. The van der Waals surface area contributed by atoms with Crippen molar-refractivity contribution in [2.75, 3.05) is 0 Å². The van der Waals surface area contributed by atoms with Crippen molar-refractivity contribution in [3.8, 4) is 0 Å². The van der Waals surface area contributed by atoms with E-state index in [2.05, 4.69) is 5.43 Å². The van der Waals surface area contributed by atoms with Crippen molar-refractivity contribution in [1.29, 1.82) is 0 Å². The zero-order chi connectivity index (χ0) is 15.7. The molecule has 22 heavy (non-hydrogen) atoms. The van der Waals surface area contributed by atoms with Crippen LogP contribution in [0.15, 0.2) is 60.7 Å². The molecule has 1 atom stereocenters. The lowest BCUT2D eigenvalue weighted by molar-refractivity contribution is -0.133. The fraction of sp³-hybridized carbons (Fsp3) is 0.222. The number of nitrogens with one attached hydrogen (secondary N) is 1. The minimum absolute atomic E-state index is 0.213. The summed E-state index contributed by atoms with van der Waals surface area (Å²) in [6.45, 7) is 3.72. The van der Waals surface area contributed by atoms with Crippen LogP contribution in [0.5, 0.6) is 0 Å². The van der Waals surface area contributed by atoms with Gasteiger partial charge in [-0.25, -0.2) is 10.4 Å². The van der Waals surface area contributed by atoms with Crippen molar-refractivity contribution in [3.63, 3.8) is 0 Å². The largest absolute Gasteiger partial charge is 0.275 e. The molecule has 112 valence electrons. The highest BCUT2D eigenvalue weighted by Gasteiger charge is 2.50. The maximum Gasteiger partial charge on any atom is 0.275 e. The summed E-state index contributed by atoms with van der Waals surface area (Å²) in [6, 6.07) is 18.3. The number of nitrogens with zero attached hydrogens (tertiary/aromatic N) is 1. The van der Waals surface area contributed by atoms with Crippen LogP contribution in [0.25, 0.3) is 0 Å². The number of rotatable bonds is 2. The molecule has 2 amide bonds. The van der Waals surface area contributed by atoms with Crippen LogP contribution in [0.4, 0.5) is 0 Å². The molecule has 4 heteroatoms. The summed E-state index contributed by atoms with van der Waals surface area (Å²) in [6.07, 6.45) is 0. The van der Waals surface area contributed by atoms with E-state index in [9.17, 15) is 9.59 Å². The van der Waals surface area contributed by atoms with E-state index in [4.69, 9.17) is 0 Å². The third kappa shape index (κ3) is 2.31. The molecule has 2 aromatic carbocycles. The number of amides is 2. The predicted octanol–water partition coefficient (Wildman–Crippen LogP) is 2.94. The second-order valence-electron chi connectivity index (χ2n) is 6.01. The highest BCUT2D eigenvalue weighted by atomic mass is 16.2. The SMILES string of the molecule is CC1(C)C(=O)N(C(=O)c2ccccc2)NC1c1ccccc1. The van der Waals surface area contributed by atoms with E-state index in [1.165, 1.54) is 0 Å². The zero-order valence-electron chi connectivity index (χ0n) is 12.6. The maximum absolute atomic E-state index is 12.7. The van der Waals surface area contributed by atoms with E-state index < -0.39 is 5.41 Å². The molecule has 0 spiro atoms. The standard InChI is InChI=1S/C18H18N2O2/c1-18(2)15(13-9-5-3-6-10-13)19-20(17(18)22)16(21)14-11-7-4-8-12-14/h3-12,15,19H,1-2H3. The first-order valence-electron chi connectivity index (χ1n) is 7.27. The van der Waals surface area contributed by atoms with Crippen molar-refractivity contribution in [2.24, 2.45) is 5.41 Å². The molecule has 1 aliphatic heterocycles. The number of hydrazine groups is 1. The van der Waals surface area contributed by atoms with Crippen LogP contribution in [-0.4, -0.2) is 16.8 Å². The molecule has 1 saturated heterocycles. The first kappa shape index (κ1) is 14.5. The molecular formula is C18H18N2O2. The minimum atomic E-state index is -0.689. The molecule has 1 N–H and O–H groups in total. The molecule has 0 saturated carbocycles. The fourth-order valence-electron chi connectivity index (χ4n) is 2.76. The normalized spacial score (nSPS) is 20.2. The number of hydrogen-bond donors (Lipinski definition) is 1. The van der Waals surface area contributed by atoms with Gasteiger partial charge in [0.25, 0.3) is 11.8 Å². The molecule has 0 aliphatic carbocycles. The summed E-state index contributed by atoms with van der Waals surface area (Å²) < 4.78 is 0.